The standard InChI is InChI=1S/C72H48N4/c1-6-24-49(25-7-1)58-48-59(50-26-8-2-9-27-50)71-56-44-42-54(75-66-38-20-16-34-62(66)73(52-30-12-4-13-31-52)63-35-17-21-39-67(63)75)46-60(56)61-47-55(43-45-57(61)72(71)70(58)51-28-10-3-11-29-51)76-68-40-22-18-36-64(68)74(53-32-14-5-15-33-53)65-37-19-23-41-69(65)76/h1-48H. The fraction of sp³-hybridized carbons (Fsp3) is 0. The van der Waals surface area contributed by atoms with Gasteiger partial charge in [0.25, 0.3) is 0 Å². The number of nitrogens with zero attached hydrogens (tertiary/aromatic N) is 4. The molecule has 356 valence electrons. The van der Waals surface area contributed by atoms with E-state index in [1.807, 2.05) is 0 Å². The fourth-order valence-corrected chi connectivity index (χ4v) is 12.2. The van der Waals surface area contributed by atoms with Crippen LogP contribution in [0.25, 0.3) is 65.7 Å². The summed E-state index contributed by atoms with van der Waals surface area (Å²) in [7, 11) is 0. The zero-order valence-corrected chi connectivity index (χ0v) is 41.5. The maximum atomic E-state index is 2.47. The van der Waals surface area contributed by atoms with Gasteiger partial charge in [0.2, 0.25) is 0 Å². The predicted octanol–water partition coefficient (Wildman–Crippen LogP) is 20.7. The SMILES string of the molecule is c1ccc(-c2cc(-c3ccccc3)c3c4ccc(N5c6ccccc6N(c6ccccc6)c6ccccc65)cc4c4cc(N5c6ccccc6N(c6ccccc6)c6ccccc65)ccc4c3c2-c2ccccc2)cc1. The average molecular weight is 969 g/mol. The molecule has 15 rings (SSSR count). The molecular weight excluding hydrogens is 921 g/mol. The average Bonchev–Trinajstić information content (AvgIpc) is 3.65. The summed E-state index contributed by atoms with van der Waals surface area (Å²) in [6.07, 6.45) is 0. The third-order valence-corrected chi connectivity index (χ3v) is 15.4. The van der Waals surface area contributed by atoms with E-state index < -0.39 is 0 Å². The van der Waals surface area contributed by atoms with Gasteiger partial charge in [-0.05, 0) is 169 Å². The van der Waals surface area contributed by atoms with Crippen molar-refractivity contribution >= 4 is 101 Å². The third-order valence-electron chi connectivity index (χ3n) is 15.4. The van der Waals surface area contributed by atoms with Crippen LogP contribution in [-0.2, 0) is 0 Å². The zero-order valence-electron chi connectivity index (χ0n) is 41.5. The quantitative estimate of drug-likeness (QED) is 0.148. The number of rotatable bonds is 7. The molecule has 0 aromatic heterocycles. The van der Waals surface area contributed by atoms with E-state index in [-0.39, 0.29) is 0 Å². The number of para-hydroxylation sites is 10. The molecular formula is C72H48N4. The molecule has 0 fully saturated rings. The Labute approximate surface area is 442 Å². The molecule has 4 heteroatoms. The Kier molecular flexibility index (Phi) is 10.2. The predicted molar refractivity (Wildman–Crippen MR) is 321 cm³/mol. The first-order valence-corrected chi connectivity index (χ1v) is 26.1. The largest absolute Gasteiger partial charge is 0.306 e. The summed E-state index contributed by atoms with van der Waals surface area (Å²) in [6, 6.07) is 107. The minimum atomic E-state index is 1.09. The smallest absolute Gasteiger partial charge is 0.0703 e. The second-order valence-electron chi connectivity index (χ2n) is 19.6. The van der Waals surface area contributed by atoms with E-state index in [0.29, 0.717) is 0 Å². The molecule has 2 aliphatic rings. The minimum Gasteiger partial charge on any atom is -0.306 e. The van der Waals surface area contributed by atoms with E-state index >= 15 is 0 Å². The Balaban J connectivity index is 1.07. The van der Waals surface area contributed by atoms with Crippen LogP contribution < -0.4 is 19.6 Å². The summed E-state index contributed by atoms with van der Waals surface area (Å²) in [5, 5.41) is 7.20. The lowest BCUT2D eigenvalue weighted by atomic mass is 9.81. The summed E-state index contributed by atoms with van der Waals surface area (Å²) in [5.41, 5.74) is 20.5. The fourth-order valence-electron chi connectivity index (χ4n) is 12.2. The number of hydrogen-bond donors (Lipinski definition) is 0. The highest BCUT2D eigenvalue weighted by molar-refractivity contribution is 6.34. The summed E-state index contributed by atoms with van der Waals surface area (Å²) in [5.74, 6) is 0. The van der Waals surface area contributed by atoms with Crippen LogP contribution in [-0.4, -0.2) is 0 Å². The highest BCUT2D eigenvalue weighted by atomic mass is 15.3. The van der Waals surface area contributed by atoms with Gasteiger partial charge in [-0.3, -0.25) is 0 Å². The van der Waals surface area contributed by atoms with E-state index in [1.165, 1.54) is 65.7 Å². The highest BCUT2D eigenvalue weighted by Crippen LogP contribution is 2.58. The molecule has 2 heterocycles. The van der Waals surface area contributed by atoms with Crippen molar-refractivity contribution in [3.63, 3.8) is 0 Å². The summed E-state index contributed by atoms with van der Waals surface area (Å²) in [4.78, 5) is 9.72. The van der Waals surface area contributed by atoms with Crippen molar-refractivity contribution in [2.24, 2.45) is 0 Å². The van der Waals surface area contributed by atoms with Gasteiger partial charge in [-0.1, -0.05) is 188 Å². The number of hydrogen-bond acceptors (Lipinski definition) is 4. The van der Waals surface area contributed by atoms with Crippen LogP contribution in [0.4, 0.5) is 68.2 Å². The number of benzene rings is 13. The molecule has 0 atom stereocenters. The molecule has 13 aromatic rings. The second kappa shape index (κ2) is 17.8. The van der Waals surface area contributed by atoms with Crippen LogP contribution in [0.5, 0.6) is 0 Å². The molecule has 76 heavy (non-hydrogen) atoms. The molecule has 4 nitrogen and oxygen atoms in total. The Morgan fingerprint density at radius 3 is 0.842 bits per heavy atom. The van der Waals surface area contributed by atoms with E-state index in [1.54, 1.807) is 0 Å². The van der Waals surface area contributed by atoms with Gasteiger partial charge >= 0.3 is 0 Å². The summed E-state index contributed by atoms with van der Waals surface area (Å²) in [6.45, 7) is 0. The lowest BCUT2D eigenvalue weighted by Gasteiger charge is -2.40. The topological polar surface area (TPSA) is 13.0 Å². The van der Waals surface area contributed by atoms with Crippen molar-refractivity contribution in [1.29, 1.82) is 0 Å². The number of anilines is 12. The molecule has 0 unspecified atom stereocenters. The molecule has 13 aromatic carbocycles. The van der Waals surface area contributed by atoms with Gasteiger partial charge in [0.05, 0.1) is 45.5 Å². The van der Waals surface area contributed by atoms with Crippen LogP contribution in [0.15, 0.2) is 291 Å². The molecule has 0 saturated heterocycles. The van der Waals surface area contributed by atoms with Crippen LogP contribution in [0, 0.1) is 0 Å². The van der Waals surface area contributed by atoms with Crippen LogP contribution >= 0.6 is 0 Å². The minimum absolute atomic E-state index is 1.09. The zero-order chi connectivity index (χ0) is 50.1. The van der Waals surface area contributed by atoms with Crippen molar-refractivity contribution in [2.75, 3.05) is 19.6 Å². The molecule has 0 bridgehead atoms. The first kappa shape index (κ1) is 43.4. The van der Waals surface area contributed by atoms with Gasteiger partial charge in [0.1, 0.15) is 0 Å². The maximum Gasteiger partial charge on any atom is 0.0703 e. The van der Waals surface area contributed by atoms with E-state index in [9.17, 15) is 0 Å². The lowest BCUT2D eigenvalue weighted by molar-refractivity contribution is 1.17. The Hall–Kier alpha value is -10.2. The van der Waals surface area contributed by atoms with E-state index in [0.717, 1.165) is 68.2 Å². The summed E-state index contributed by atoms with van der Waals surface area (Å²) < 4.78 is 0. The van der Waals surface area contributed by atoms with Crippen molar-refractivity contribution in [3.05, 3.63) is 291 Å². The van der Waals surface area contributed by atoms with Gasteiger partial charge in [-0.2, -0.15) is 0 Å². The van der Waals surface area contributed by atoms with Gasteiger partial charge in [-0.15, -0.1) is 0 Å². The lowest BCUT2D eigenvalue weighted by Crippen LogP contribution is -2.24. The van der Waals surface area contributed by atoms with Crippen LogP contribution in [0.1, 0.15) is 0 Å². The Bertz CT molecular complexity index is 4260. The van der Waals surface area contributed by atoms with Gasteiger partial charge < -0.3 is 19.6 Å². The summed E-state index contributed by atoms with van der Waals surface area (Å²) >= 11 is 0. The first-order chi connectivity index (χ1) is 37.8. The normalized spacial score (nSPS) is 12.6. The first-order valence-electron chi connectivity index (χ1n) is 26.1. The Morgan fingerprint density at radius 1 is 0.184 bits per heavy atom. The van der Waals surface area contributed by atoms with Crippen molar-refractivity contribution in [3.8, 4) is 33.4 Å². The molecule has 2 aliphatic heterocycles. The maximum absolute atomic E-state index is 2.47. The highest BCUT2D eigenvalue weighted by Gasteiger charge is 2.33. The van der Waals surface area contributed by atoms with Gasteiger partial charge in [0.15, 0.2) is 0 Å². The van der Waals surface area contributed by atoms with Crippen molar-refractivity contribution < 1.29 is 0 Å². The van der Waals surface area contributed by atoms with E-state index in [2.05, 4.69) is 311 Å². The van der Waals surface area contributed by atoms with Crippen molar-refractivity contribution in [1.82, 2.24) is 0 Å². The van der Waals surface area contributed by atoms with Crippen LogP contribution in [0.2, 0.25) is 0 Å². The van der Waals surface area contributed by atoms with E-state index in [4.69, 9.17) is 0 Å². The van der Waals surface area contributed by atoms with Crippen LogP contribution in [0.3, 0.4) is 0 Å². The molecule has 0 radical (unpaired) electrons. The molecule has 0 N–H and O–H groups in total. The monoisotopic (exact) mass is 968 g/mol. The van der Waals surface area contributed by atoms with Gasteiger partial charge in [-0.25, -0.2) is 0 Å². The second-order valence-corrected chi connectivity index (χ2v) is 19.6. The molecule has 0 spiro atoms. The van der Waals surface area contributed by atoms with Gasteiger partial charge in [0, 0.05) is 22.7 Å². The van der Waals surface area contributed by atoms with Crippen molar-refractivity contribution in [2.45, 2.75) is 0 Å². The third kappa shape index (κ3) is 6.85. The molecule has 0 saturated carbocycles. The molecule has 0 amide bonds. The Morgan fingerprint density at radius 2 is 0.474 bits per heavy atom. The number of fused-ring (bicyclic) bond motifs is 10. The molecule has 0 aliphatic carbocycles.